The molecule has 3 heteroatoms. The number of nitrogens with zero attached hydrogens (tertiary/aromatic N) is 1. The number of nitrogens with one attached hydrogen (secondary N) is 1. The number of ether oxygens (including phenoxy) is 1. The van der Waals surface area contributed by atoms with E-state index in [1.807, 2.05) is 0 Å². The van der Waals surface area contributed by atoms with Gasteiger partial charge in [0.05, 0.1) is 6.61 Å². The summed E-state index contributed by atoms with van der Waals surface area (Å²) in [6.07, 6.45) is 2.49. The monoisotopic (exact) mass is 242 g/mol. The maximum absolute atomic E-state index is 5.67. The third-order valence-corrected chi connectivity index (χ3v) is 3.33. The topological polar surface area (TPSA) is 24.5 Å². The minimum absolute atomic E-state index is 0.643. The zero-order chi connectivity index (χ0) is 12.7. The fourth-order valence-corrected chi connectivity index (χ4v) is 2.25. The van der Waals surface area contributed by atoms with Crippen LogP contribution in [0.15, 0.2) is 0 Å². The number of hydrogen-bond donors (Lipinski definition) is 1. The lowest BCUT2D eigenvalue weighted by Gasteiger charge is -2.30. The second-order valence-electron chi connectivity index (χ2n) is 5.86. The van der Waals surface area contributed by atoms with E-state index in [1.54, 1.807) is 0 Å². The molecule has 0 radical (unpaired) electrons. The molecule has 2 atom stereocenters. The predicted octanol–water partition coefficient (Wildman–Crippen LogP) is 2.12. The molecule has 1 rings (SSSR count). The molecule has 0 aliphatic carbocycles. The van der Waals surface area contributed by atoms with E-state index < -0.39 is 0 Å². The molecule has 0 amide bonds. The SMILES string of the molecule is CC(C)COCCN1CCC(C)NC(C)CC1. The zero-order valence-corrected chi connectivity index (χ0v) is 12.0. The van der Waals surface area contributed by atoms with E-state index >= 15 is 0 Å². The van der Waals surface area contributed by atoms with Crippen molar-refractivity contribution < 1.29 is 4.74 Å². The highest BCUT2D eigenvalue weighted by Gasteiger charge is 2.15. The first-order valence-electron chi connectivity index (χ1n) is 7.14. The van der Waals surface area contributed by atoms with Crippen LogP contribution in [0.3, 0.4) is 0 Å². The molecule has 17 heavy (non-hydrogen) atoms. The summed E-state index contributed by atoms with van der Waals surface area (Å²) in [6, 6.07) is 1.29. The first-order valence-corrected chi connectivity index (χ1v) is 7.14. The summed E-state index contributed by atoms with van der Waals surface area (Å²) in [5.74, 6) is 0.645. The molecule has 0 aromatic heterocycles. The van der Waals surface area contributed by atoms with Gasteiger partial charge in [0.25, 0.3) is 0 Å². The van der Waals surface area contributed by atoms with Crippen molar-refractivity contribution in [2.45, 2.75) is 52.6 Å². The molecule has 1 fully saturated rings. The highest BCUT2D eigenvalue weighted by atomic mass is 16.5. The molecule has 102 valence electrons. The van der Waals surface area contributed by atoms with E-state index in [2.05, 4.69) is 37.9 Å². The van der Waals surface area contributed by atoms with Crippen LogP contribution < -0.4 is 5.32 Å². The zero-order valence-electron chi connectivity index (χ0n) is 12.0. The Morgan fingerprint density at radius 3 is 2.29 bits per heavy atom. The van der Waals surface area contributed by atoms with Gasteiger partial charge < -0.3 is 15.0 Å². The second kappa shape index (κ2) is 8.06. The third kappa shape index (κ3) is 7.02. The van der Waals surface area contributed by atoms with Gasteiger partial charge in [0.2, 0.25) is 0 Å². The van der Waals surface area contributed by atoms with Gasteiger partial charge >= 0.3 is 0 Å². The third-order valence-electron chi connectivity index (χ3n) is 3.33. The van der Waals surface area contributed by atoms with Crippen LogP contribution in [0.4, 0.5) is 0 Å². The summed E-state index contributed by atoms with van der Waals surface area (Å²) >= 11 is 0. The molecule has 1 N–H and O–H groups in total. The highest BCUT2D eigenvalue weighted by Crippen LogP contribution is 2.06. The summed E-state index contributed by atoms with van der Waals surface area (Å²) in [5, 5.41) is 3.63. The maximum Gasteiger partial charge on any atom is 0.0593 e. The van der Waals surface area contributed by atoms with E-state index in [4.69, 9.17) is 4.74 Å². The Hall–Kier alpha value is -0.120. The van der Waals surface area contributed by atoms with E-state index in [0.29, 0.717) is 18.0 Å². The molecule has 0 bridgehead atoms. The van der Waals surface area contributed by atoms with Crippen LogP contribution in [0.1, 0.15) is 40.5 Å². The van der Waals surface area contributed by atoms with Gasteiger partial charge in [-0.2, -0.15) is 0 Å². The van der Waals surface area contributed by atoms with Crippen LogP contribution >= 0.6 is 0 Å². The molecular weight excluding hydrogens is 212 g/mol. The van der Waals surface area contributed by atoms with E-state index in [-0.39, 0.29) is 0 Å². The van der Waals surface area contributed by atoms with Gasteiger partial charge in [-0.1, -0.05) is 13.8 Å². The van der Waals surface area contributed by atoms with Crippen molar-refractivity contribution >= 4 is 0 Å². The Labute approximate surface area is 107 Å². The molecule has 1 saturated heterocycles. The Bertz CT molecular complexity index is 185. The molecule has 1 aliphatic rings. The van der Waals surface area contributed by atoms with Crippen molar-refractivity contribution in [3.8, 4) is 0 Å². The Morgan fingerprint density at radius 1 is 1.18 bits per heavy atom. The summed E-state index contributed by atoms with van der Waals surface area (Å²) < 4.78 is 5.67. The molecule has 0 aromatic carbocycles. The van der Waals surface area contributed by atoms with Crippen LogP contribution in [-0.2, 0) is 4.74 Å². The largest absolute Gasteiger partial charge is 0.380 e. The van der Waals surface area contributed by atoms with Crippen LogP contribution in [0.2, 0.25) is 0 Å². The van der Waals surface area contributed by atoms with Crippen molar-refractivity contribution in [2.24, 2.45) is 5.92 Å². The fourth-order valence-electron chi connectivity index (χ4n) is 2.25. The van der Waals surface area contributed by atoms with E-state index in [0.717, 1.165) is 19.8 Å². The summed E-state index contributed by atoms with van der Waals surface area (Å²) in [5.41, 5.74) is 0. The van der Waals surface area contributed by atoms with Gasteiger partial charge in [-0.15, -0.1) is 0 Å². The molecule has 0 saturated carbocycles. The second-order valence-corrected chi connectivity index (χ2v) is 5.86. The lowest BCUT2D eigenvalue weighted by Crippen LogP contribution is -2.43. The number of hydrogen-bond acceptors (Lipinski definition) is 3. The molecule has 0 spiro atoms. The van der Waals surface area contributed by atoms with Crippen LogP contribution in [0.5, 0.6) is 0 Å². The molecule has 1 aliphatic heterocycles. The van der Waals surface area contributed by atoms with Gasteiger partial charge in [-0.3, -0.25) is 0 Å². The van der Waals surface area contributed by atoms with Crippen molar-refractivity contribution in [3.05, 3.63) is 0 Å². The predicted molar refractivity (Wildman–Crippen MR) is 73.4 cm³/mol. The van der Waals surface area contributed by atoms with Crippen LogP contribution in [-0.4, -0.2) is 49.8 Å². The maximum atomic E-state index is 5.67. The lowest BCUT2D eigenvalue weighted by molar-refractivity contribution is 0.0808. The van der Waals surface area contributed by atoms with Crippen molar-refractivity contribution in [1.82, 2.24) is 10.2 Å². The molecule has 2 unspecified atom stereocenters. The van der Waals surface area contributed by atoms with Crippen molar-refractivity contribution in [2.75, 3.05) is 32.8 Å². The van der Waals surface area contributed by atoms with Gasteiger partial charge in [-0.25, -0.2) is 0 Å². The Kier molecular flexibility index (Phi) is 7.09. The average molecular weight is 242 g/mol. The van der Waals surface area contributed by atoms with Crippen molar-refractivity contribution in [1.29, 1.82) is 0 Å². The minimum atomic E-state index is 0.643. The van der Waals surface area contributed by atoms with Crippen molar-refractivity contribution in [3.63, 3.8) is 0 Å². The fraction of sp³-hybridized carbons (Fsp3) is 1.00. The first kappa shape index (κ1) is 14.9. The van der Waals surface area contributed by atoms with Gasteiger partial charge in [0, 0.05) is 25.2 Å². The van der Waals surface area contributed by atoms with Crippen LogP contribution in [0, 0.1) is 5.92 Å². The summed E-state index contributed by atoms with van der Waals surface area (Å²) in [4.78, 5) is 2.55. The number of rotatable bonds is 5. The average Bonchev–Trinajstić information content (AvgIpc) is 2.24. The summed E-state index contributed by atoms with van der Waals surface area (Å²) in [6.45, 7) is 14.2. The first-order chi connectivity index (χ1) is 8.08. The smallest absolute Gasteiger partial charge is 0.0593 e. The Morgan fingerprint density at radius 2 is 1.76 bits per heavy atom. The van der Waals surface area contributed by atoms with E-state index in [9.17, 15) is 0 Å². The van der Waals surface area contributed by atoms with Crippen LogP contribution in [0.25, 0.3) is 0 Å². The van der Waals surface area contributed by atoms with E-state index in [1.165, 1.54) is 25.9 Å². The van der Waals surface area contributed by atoms with Gasteiger partial charge in [0.15, 0.2) is 0 Å². The minimum Gasteiger partial charge on any atom is -0.380 e. The quantitative estimate of drug-likeness (QED) is 0.747. The molecule has 3 nitrogen and oxygen atoms in total. The molecular formula is C14H30N2O. The Balaban J connectivity index is 2.18. The lowest BCUT2D eigenvalue weighted by atomic mass is 10.1. The highest BCUT2D eigenvalue weighted by molar-refractivity contribution is 4.74. The molecule has 0 aromatic rings. The normalized spacial score (nSPS) is 28.1. The van der Waals surface area contributed by atoms with Gasteiger partial charge in [0.1, 0.15) is 0 Å². The standard InChI is InChI=1S/C14H30N2O/c1-12(2)11-17-10-9-16-7-5-13(3)15-14(4)6-8-16/h12-15H,5-11H2,1-4H3. The molecule has 1 heterocycles. The van der Waals surface area contributed by atoms with Gasteiger partial charge in [-0.05, 0) is 45.7 Å². The summed E-state index contributed by atoms with van der Waals surface area (Å²) in [7, 11) is 0.